The number of nitrogens with zero attached hydrogens (tertiary/aromatic N) is 3. The molecule has 0 fully saturated rings. The first-order valence-corrected chi connectivity index (χ1v) is 9.36. The van der Waals surface area contributed by atoms with Gasteiger partial charge in [-0.05, 0) is 24.3 Å². The van der Waals surface area contributed by atoms with Gasteiger partial charge in [-0.15, -0.1) is 0 Å². The molecule has 1 aromatic carbocycles. The number of carbonyl (C=O) groups is 1. The second-order valence-corrected chi connectivity index (χ2v) is 7.64. The molecule has 1 aliphatic heterocycles. The Morgan fingerprint density at radius 2 is 2.12 bits per heavy atom. The molecule has 0 unspecified atom stereocenters. The summed E-state index contributed by atoms with van der Waals surface area (Å²) in [5, 5.41) is 6.43. The summed E-state index contributed by atoms with van der Waals surface area (Å²) in [4.78, 5) is 16.4. The number of amides is 1. The predicted molar refractivity (Wildman–Crippen MR) is 88.1 cm³/mol. The Hall–Kier alpha value is -3.01. The monoisotopic (exact) mass is 376 g/mol. The topological polar surface area (TPSA) is 103 Å². The third kappa shape index (κ3) is 2.88. The highest BCUT2D eigenvalue weighted by Crippen LogP contribution is 2.25. The van der Waals surface area contributed by atoms with Gasteiger partial charge in [0.2, 0.25) is 0 Å². The number of rotatable bonds is 0. The molecule has 3 aromatic rings. The number of aromatic nitrogens is 3. The molecule has 134 valence electrons. The van der Waals surface area contributed by atoms with E-state index in [0.29, 0.717) is 0 Å². The first-order chi connectivity index (χ1) is 12.4. The summed E-state index contributed by atoms with van der Waals surface area (Å²) >= 11 is 0. The Balaban J connectivity index is 1.89. The Kier molecular flexibility index (Phi) is 3.83. The molecule has 0 aliphatic carbocycles. The van der Waals surface area contributed by atoms with Crippen molar-refractivity contribution < 1.29 is 22.3 Å². The van der Waals surface area contributed by atoms with Gasteiger partial charge in [0.05, 0.1) is 18.5 Å². The molecule has 2 aromatic heterocycles. The van der Waals surface area contributed by atoms with Crippen molar-refractivity contribution in [3.05, 3.63) is 53.6 Å². The van der Waals surface area contributed by atoms with Gasteiger partial charge >= 0.3 is 0 Å². The van der Waals surface area contributed by atoms with Gasteiger partial charge in [-0.25, -0.2) is 22.3 Å². The zero-order valence-corrected chi connectivity index (χ0v) is 14.2. The number of nitrogens with one attached hydrogen (secondary N) is 1. The lowest BCUT2D eigenvalue weighted by Gasteiger charge is -2.12. The summed E-state index contributed by atoms with van der Waals surface area (Å²) in [6.07, 6.45) is 2.73. The van der Waals surface area contributed by atoms with Crippen molar-refractivity contribution in [1.29, 1.82) is 0 Å². The average molecular weight is 376 g/mol. The van der Waals surface area contributed by atoms with Crippen molar-refractivity contribution in [2.45, 2.75) is 10.8 Å². The number of ether oxygens (including phenoxy) is 1. The molecule has 1 amide bonds. The molecule has 26 heavy (non-hydrogen) atoms. The summed E-state index contributed by atoms with van der Waals surface area (Å²) in [6.45, 7) is 0.277. The van der Waals surface area contributed by atoms with Crippen molar-refractivity contribution >= 4 is 21.4 Å². The summed E-state index contributed by atoms with van der Waals surface area (Å²) in [5.74, 6) is -1.24. The molecule has 1 aliphatic rings. The lowest BCUT2D eigenvalue weighted by molar-refractivity contribution is 0.0948. The van der Waals surface area contributed by atoms with Crippen LogP contribution in [0.4, 0.5) is 4.39 Å². The molecule has 0 atom stereocenters. The number of hydrogen-bond donors (Lipinski definition) is 1. The van der Waals surface area contributed by atoms with E-state index in [1.807, 2.05) is 0 Å². The van der Waals surface area contributed by atoms with Crippen molar-refractivity contribution in [2.75, 3.05) is 13.2 Å². The number of hydrogen-bond acceptors (Lipinski definition) is 6. The van der Waals surface area contributed by atoms with Gasteiger partial charge in [0, 0.05) is 11.8 Å². The quantitative estimate of drug-likeness (QED) is 0.587. The largest absolute Gasteiger partial charge is 0.491 e. The molecule has 0 saturated carbocycles. The summed E-state index contributed by atoms with van der Waals surface area (Å²) in [6, 6.07) is 4.96. The molecule has 3 heterocycles. The van der Waals surface area contributed by atoms with Crippen LogP contribution in [-0.2, 0) is 15.6 Å². The van der Waals surface area contributed by atoms with E-state index < -0.39 is 27.3 Å². The zero-order valence-electron chi connectivity index (χ0n) is 13.3. The number of carbonyl (C=O) groups excluding carboxylic acids is 1. The fourth-order valence-electron chi connectivity index (χ4n) is 2.69. The maximum Gasteiger partial charge on any atom is 0.256 e. The van der Waals surface area contributed by atoms with E-state index in [4.69, 9.17) is 4.74 Å². The van der Waals surface area contributed by atoms with Crippen LogP contribution < -0.4 is 10.1 Å². The van der Waals surface area contributed by atoms with E-state index in [-0.39, 0.29) is 40.7 Å². The summed E-state index contributed by atoms with van der Waals surface area (Å²) < 4.78 is 46.0. The Labute approximate surface area is 147 Å². The van der Waals surface area contributed by atoms with Crippen molar-refractivity contribution in [2.24, 2.45) is 0 Å². The Bertz CT molecular complexity index is 1130. The van der Waals surface area contributed by atoms with Crippen LogP contribution in [0.2, 0.25) is 0 Å². The smallest absolute Gasteiger partial charge is 0.256 e. The number of fused-ring (bicyclic) bond motifs is 2. The molecule has 8 nitrogen and oxygen atoms in total. The first kappa shape index (κ1) is 16.5. The SMILES string of the molecule is O=C1NCCOc2ccc(F)cc2CS(=O)(=O)c2ccn3ncc1c3n2. The van der Waals surface area contributed by atoms with Gasteiger partial charge in [-0.3, -0.25) is 4.79 Å². The van der Waals surface area contributed by atoms with E-state index in [9.17, 15) is 17.6 Å². The van der Waals surface area contributed by atoms with Crippen LogP contribution in [0.3, 0.4) is 0 Å². The van der Waals surface area contributed by atoms with E-state index in [2.05, 4.69) is 15.4 Å². The molecule has 10 heteroatoms. The standard InChI is InChI=1S/C16H13FN4O4S/c17-11-1-2-13-10(7-11)9-26(23,24)14-3-5-21-15(20-14)12(8-19-21)16(22)18-4-6-25-13/h1-3,5,7-8H,4,6,9H2,(H,18,22). The molecular formula is C16H13FN4O4S. The van der Waals surface area contributed by atoms with Crippen molar-refractivity contribution in [3.8, 4) is 5.75 Å². The lowest BCUT2D eigenvalue weighted by Crippen LogP contribution is -2.28. The second-order valence-electron chi connectivity index (χ2n) is 5.71. The average Bonchev–Trinajstić information content (AvgIpc) is 3.02. The van der Waals surface area contributed by atoms with E-state index in [1.165, 1.54) is 35.1 Å². The summed E-state index contributed by atoms with van der Waals surface area (Å²) in [7, 11) is -3.89. The zero-order chi connectivity index (χ0) is 18.3. The number of benzene rings is 1. The second kappa shape index (κ2) is 6.06. The molecule has 0 spiro atoms. The van der Waals surface area contributed by atoms with Crippen LogP contribution in [0.1, 0.15) is 15.9 Å². The lowest BCUT2D eigenvalue weighted by atomic mass is 10.2. The Morgan fingerprint density at radius 3 is 2.96 bits per heavy atom. The van der Waals surface area contributed by atoms with Gasteiger partial charge in [0.25, 0.3) is 5.91 Å². The van der Waals surface area contributed by atoms with Crippen LogP contribution in [0, 0.1) is 5.82 Å². The minimum atomic E-state index is -3.89. The maximum atomic E-state index is 13.6. The highest BCUT2D eigenvalue weighted by Gasteiger charge is 2.23. The van der Waals surface area contributed by atoms with Crippen LogP contribution in [0.5, 0.6) is 5.75 Å². The molecule has 4 rings (SSSR count). The van der Waals surface area contributed by atoms with Crippen LogP contribution >= 0.6 is 0 Å². The van der Waals surface area contributed by atoms with E-state index in [1.54, 1.807) is 0 Å². The van der Waals surface area contributed by atoms with Crippen molar-refractivity contribution in [3.63, 3.8) is 0 Å². The third-order valence-corrected chi connectivity index (χ3v) is 5.48. The van der Waals surface area contributed by atoms with Gasteiger partial charge < -0.3 is 10.1 Å². The van der Waals surface area contributed by atoms with E-state index >= 15 is 0 Å². The number of sulfone groups is 1. The summed E-state index contributed by atoms with van der Waals surface area (Å²) in [5.41, 5.74) is 0.471. The normalized spacial score (nSPS) is 16.7. The van der Waals surface area contributed by atoms with Gasteiger partial charge in [-0.2, -0.15) is 5.10 Å². The van der Waals surface area contributed by atoms with Gasteiger partial charge in [-0.1, -0.05) is 0 Å². The highest BCUT2D eigenvalue weighted by molar-refractivity contribution is 7.90. The molecule has 0 saturated heterocycles. The van der Waals surface area contributed by atoms with Crippen LogP contribution in [0.15, 0.2) is 41.7 Å². The fraction of sp³-hybridized carbons (Fsp3) is 0.188. The Morgan fingerprint density at radius 1 is 1.27 bits per heavy atom. The van der Waals surface area contributed by atoms with E-state index in [0.717, 1.165) is 6.07 Å². The minimum Gasteiger partial charge on any atom is -0.491 e. The molecule has 0 radical (unpaired) electrons. The van der Waals surface area contributed by atoms with Crippen LogP contribution in [0.25, 0.3) is 5.65 Å². The molecular weight excluding hydrogens is 363 g/mol. The predicted octanol–water partition coefficient (Wildman–Crippen LogP) is 0.965. The highest BCUT2D eigenvalue weighted by atomic mass is 32.2. The van der Waals surface area contributed by atoms with Crippen molar-refractivity contribution in [1.82, 2.24) is 19.9 Å². The van der Waals surface area contributed by atoms with Crippen LogP contribution in [-0.4, -0.2) is 42.1 Å². The fourth-order valence-corrected chi connectivity index (χ4v) is 3.96. The number of halogens is 1. The molecule has 2 bridgehead atoms. The first-order valence-electron chi connectivity index (χ1n) is 7.71. The minimum absolute atomic E-state index is 0.0971. The van der Waals surface area contributed by atoms with Gasteiger partial charge in [0.15, 0.2) is 20.5 Å². The van der Waals surface area contributed by atoms with Gasteiger partial charge in [0.1, 0.15) is 23.7 Å². The third-order valence-electron chi connectivity index (χ3n) is 3.92. The maximum absolute atomic E-state index is 13.6. The molecule has 1 N–H and O–H groups in total.